The van der Waals surface area contributed by atoms with Gasteiger partial charge in [0.2, 0.25) is 0 Å². The molecule has 3 N–H and O–H groups in total. The van der Waals surface area contributed by atoms with Crippen LogP contribution in [0.3, 0.4) is 0 Å². The van der Waals surface area contributed by atoms with E-state index in [0.717, 1.165) is 11.1 Å². The number of hydrogen-bond donors (Lipinski definition) is 2. The Morgan fingerprint density at radius 2 is 2.12 bits per heavy atom. The lowest BCUT2D eigenvalue weighted by Gasteiger charge is -2.08. The predicted octanol–water partition coefficient (Wildman–Crippen LogP) is 1.64. The minimum atomic E-state index is 0. The zero-order chi connectivity index (χ0) is 10.7. The zero-order valence-corrected chi connectivity index (χ0v) is 9.45. The molecule has 0 spiro atoms. The van der Waals surface area contributed by atoms with E-state index in [4.69, 9.17) is 11.1 Å². The van der Waals surface area contributed by atoms with Gasteiger partial charge in [-0.15, -0.1) is 12.4 Å². The molecule has 84 valence electrons. The molecule has 1 heterocycles. The zero-order valence-electron chi connectivity index (χ0n) is 8.63. The van der Waals surface area contributed by atoms with Gasteiger partial charge >= 0.3 is 0 Å². The van der Waals surface area contributed by atoms with Crippen LogP contribution >= 0.6 is 12.4 Å². The smallest absolute Gasteiger partial charge is 0.123 e. The monoisotopic (exact) mass is 236 g/mol. The van der Waals surface area contributed by atoms with Crippen molar-refractivity contribution in [3.63, 3.8) is 0 Å². The van der Waals surface area contributed by atoms with E-state index in [-0.39, 0.29) is 18.2 Å². The van der Waals surface area contributed by atoms with Crippen LogP contribution in [0.4, 0.5) is 0 Å². The molecule has 0 unspecified atom stereocenters. The third-order valence-corrected chi connectivity index (χ3v) is 2.22. The van der Waals surface area contributed by atoms with Crippen molar-refractivity contribution in [1.82, 2.24) is 9.55 Å². The lowest BCUT2D eigenvalue weighted by atomic mass is 10.1. The highest BCUT2D eigenvalue weighted by molar-refractivity contribution is 5.96. The Balaban J connectivity index is 0.00000128. The number of aromatic nitrogens is 2. The van der Waals surface area contributed by atoms with Crippen molar-refractivity contribution < 1.29 is 0 Å². The van der Waals surface area contributed by atoms with Gasteiger partial charge in [-0.3, -0.25) is 5.41 Å². The van der Waals surface area contributed by atoms with Crippen LogP contribution < -0.4 is 5.73 Å². The average Bonchev–Trinajstić information content (AvgIpc) is 2.71. The second kappa shape index (κ2) is 5.32. The van der Waals surface area contributed by atoms with Crippen LogP contribution in [0.15, 0.2) is 43.0 Å². The standard InChI is InChI=1S/C11H12N4.ClH/c12-11(13)10-4-2-1-3-9(10)7-15-6-5-14-8-15;/h1-6,8H,7H2,(H3,12,13);1H. The maximum atomic E-state index is 7.46. The van der Waals surface area contributed by atoms with Crippen molar-refractivity contribution in [2.45, 2.75) is 6.54 Å². The van der Waals surface area contributed by atoms with Crippen LogP contribution in [0.2, 0.25) is 0 Å². The fraction of sp³-hybridized carbons (Fsp3) is 0.0909. The number of nitrogens with zero attached hydrogens (tertiary/aromatic N) is 2. The first-order valence-corrected chi connectivity index (χ1v) is 4.65. The van der Waals surface area contributed by atoms with Crippen molar-refractivity contribution >= 4 is 18.2 Å². The minimum absolute atomic E-state index is 0. The van der Waals surface area contributed by atoms with E-state index in [1.807, 2.05) is 35.0 Å². The van der Waals surface area contributed by atoms with Gasteiger partial charge in [0.15, 0.2) is 0 Å². The largest absolute Gasteiger partial charge is 0.384 e. The first-order chi connectivity index (χ1) is 7.27. The average molecular weight is 237 g/mol. The molecule has 0 radical (unpaired) electrons. The van der Waals surface area contributed by atoms with Gasteiger partial charge in [-0.2, -0.15) is 0 Å². The summed E-state index contributed by atoms with van der Waals surface area (Å²) >= 11 is 0. The molecule has 0 amide bonds. The molecule has 2 rings (SSSR count). The number of benzene rings is 1. The van der Waals surface area contributed by atoms with Crippen LogP contribution in [0, 0.1) is 5.41 Å². The lowest BCUT2D eigenvalue weighted by Crippen LogP contribution is -2.14. The molecule has 0 aliphatic carbocycles. The second-order valence-corrected chi connectivity index (χ2v) is 3.31. The summed E-state index contributed by atoms with van der Waals surface area (Å²) in [6.07, 6.45) is 5.37. The molecule has 16 heavy (non-hydrogen) atoms. The quantitative estimate of drug-likeness (QED) is 0.628. The highest BCUT2D eigenvalue weighted by atomic mass is 35.5. The van der Waals surface area contributed by atoms with Crippen molar-refractivity contribution in [3.05, 3.63) is 54.1 Å². The van der Waals surface area contributed by atoms with Crippen LogP contribution in [0.5, 0.6) is 0 Å². The fourth-order valence-corrected chi connectivity index (χ4v) is 1.50. The molecule has 1 aromatic heterocycles. The third-order valence-electron chi connectivity index (χ3n) is 2.22. The molecule has 0 aliphatic heterocycles. The molecule has 0 aliphatic rings. The second-order valence-electron chi connectivity index (χ2n) is 3.31. The Kier molecular flexibility index (Phi) is 4.08. The van der Waals surface area contributed by atoms with Crippen molar-refractivity contribution in [2.75, 3.05) is 0 Å². The summed E-state index contributed by atoms with van der Waals surface area (Å²) in [6, 6.07) is 7.65. The fourth-order valence-electron chi connectivity index (χ4n) is 1.50. The van der Waals surface area contributed by atoms with Gasteiger partial charge in [-0.05, 0) is 5.56 Å². The Bertz CT molecular complexity index is 465. The van der Waals surface area contributed by atoms with Gasteiger partial charge in [-0.1, -0.05) is 24.3 Å². The number of rotatable bonds is 3. The van der Waals surface area contributed by atoms with E-state index in [1.165, 1.54) is 0 Å². The van der Waals surface area contributed by atoms with E-state index in [2.05, 4.69) is 4.98 Å². The van der Waals surface area contributed by atoms with Crippen molar-refractivity contribution in [2.24, 2.45) is 5.73 Å². The summed E-state index contributed by atoms with van der Waals surface area (Å²) in [5.41, 5.74) is 7.32. The molecular formula is C11H13ClN4. The Morgan fingerprint density at radius 1 is 1.38 bits per heavy atom. The summed E-state index contributed by atoms with van der Waals surface area (Å²) in [4.78, 5) is 3.97. The number of hydrogen-bond acceptors (Lipinski definition) is 2. The summed E-state index contributed by atoms with van der Waals surface area (Å²) in [6.45, 7) is 0.690. The molecule has 0 saturated carbocycles. The maximum Gasteiger partial charge on any atom is 0.123 e. The Hall–Kier alpha value is -1.81. The first-order valence-electron chi connectivity index (χ1n) is 4.65. The number of imidazole rings is 1. The van der Waals surface area contributed by atoms with Gasteiger partial charge in [0.1, 0.15) is 5.84 Å². The maximum absolute atomic E-state index is 7.46. The molecule has 0 bridgehead atoms. The molecule has 2 aromatic rings. The minimum Gasteiger partial charge on any atom is -0.384 e. The number of nitrogens with one attached hydrogen (secondary N) is 1. The van der Waals surface area contributed by atoms with E-state index in [1.54, 1.807) is 12.5 Å². The molecule has 4 nitrogen and oxygen atoms in total. The summed E-state index contributed by atoms with van der Waals surface area (Å²) in [5, 5.41) is 7.46. The highest BCUT2D eigenvalue weighted by Gasteiger charge is 2.04. The highest BCUT2D eigenvalue weighted by Crippen LogP contribution is 2.09. The number of nitrogen functional groups attached to an aromatic ring is 1. The van der Waals surface area contributed by atoms with Gasteiger partial charge < -0.3 is 10.3 Å². The van der Waals surface area contributed by atoms with E-state index in [9.17, 15) is 0 Å². The lowest BCUT2D eigenvalue weighted by molar-refractivity contribution is 0.796. The number of nitrogens with two attached hydrogens (primary N) is 1. The van der Waals surface area contributed by atoms with Gasteiger partial charge in [0.25, 0.3) is 0 Å². The van der Waals surface area contributed by atoms with Crippen molar-refractivity contribution in [1.29, 1.82) is 5.41 Å². The van der Waals surface area contributed by atoms with Crippen LogP contribution in [-0.2, 0) is 6.54 Å². The van der Waals surface area contributed by atoms with Gasteiger partial charge in [-0.25, -0.2) is 4.98 Å². The third kappa shape index (κ3) is 2.61. The molecule has 1 aromatic carbocycles. The molecule has 5 heteroatoms. The predicted molar refractivity (Wildman–Crippen MR) is 66.0 cm³/mol. The Morgan fingerprint density at radius 3 is 2.75 bits per heavy atom. The number of halogens is 1. The molecule has 0 saturated heterocycles. The molecule has 0 fully saturated rings. The summed E-state index contributed by atoms with van der Waals surface area (Å²) in [7, 11) is 0. The summed E-state index contributed by atoms with van der Waals surface area (Å²) < 4.78 is 1.95. The van der Waals surface area contributed by atoms with Crippen LogP contribution in [0.25, 0.3) is 0 Å². The molecule has 0 atom stereocenters. The van der Waals surface area contributed by atoms with Gasteiger partial charge in [0, 0.05) is 24.5 Å². The number of amidine groups is 1. The molecular weight excluding hydrogens is 224 g/mol. The van der Waals surface area contributed by atoms with Gasteiger partial charge in [0.05, 0.1) is 6.33 Å². The first kappa shape index (κ1) is 12.3. The normalized spacial score (nSPS) is 9.50. The summed E-state index contributed by atoms with van der Waals surface area (Å²) in [5.74, 6) is 0.103. The Labute approximate surface area is 100 Å². The van der Waals surface area contributed by atoms with E-state index in [0.29, 0.717) is 6.54 Å². The van der Waals surface area contributed by atoms with Crippen molar-refractivity contribution in [3.8, 4) is 0 Å². The SMILES string of the molecule is Cl.N=C(N)c1ccccc1Cn1ccnc1. The topological polar surface area (TPSA) is 67.7 Å². The van der Waals surface area contributed by atoms with Crippen LogP contribution in [-0.4, -0.2) is 15.4 Å². The van der Waals surface area contributed by atoms with E-state index >= 15 is 0 Å². The van der Waals surface area contributed by atoms with E-state index < -0.39 is 0 Å². The van der Waals surface area contributed by atoms with Crippen LogP contribution in [0.1, 0.15) is 11.1 Å².